The molecule has 7 heteroatoms. The second-order valence-corrected chi connectivity index (χ2v) is 12.2. The van der Waals surface area contributed by atoms with Crippen LogP contribution in [0.4, 0.5) is 0 Å². The Hall–Kier alpha value is -0.280. The van der Waals surface area contributed by atoms with Crippen molar-refractivity contribution in [2.75, 3.05) is 52.9 Å². The van der Waals surface area contributed by atoms with Crippen molar-refractivity contribution in [1.82, 2.24) is 0 Å². The Morgan fingerprint density at radius 1 is 0.514 bits per heavy atom. The predicted octanol–water partition coefficient (Wildman–Crippen LogP) is 4.71. The summed E-state index contributed by atoms with van der Waals surface area (Å²) in [5.74, 6) is 1.49. The molecule has 0 bridgehead atoms. The van der Waals surface area contributed by atoms with Crippen LogP contribution in [0, 0.1) is 22.7 Å². The molecule has 0 aliphatic rings. The van der Waals surface area contributed by atoms with E-state index in [4.69, 9.17) is 9.47 Å². The number of aliphatic hydroxyl groups is 5. The summed E-state index contributed by atoms with van der Waals surface area (Å²) in [7, 11) is 0. The number of aliphatic hydroxyl groups excluding tert-OH is 5. The molecule has 7 nitrogen and oxygen atoms in total. The average Bonchev–Trinajstić information content (AvgIpc) is 2.89. The molecule has 0 saturated heterocycles. The van der Waals surface area contributed by atoms with E-state index in [1.165, 1.54) is 51.4 Å². The third-order valence-electron chi connectivity index (χ3n) is 7.61. The van der Waals surface area contributed by atoms with Crippen molar-refractivity contribution in [3.63, 3.8) is 0 Å². The van der Waals surface area contributed by atoms with Gasteiger partial charge in [0.2, 0.25) is 0 Å². The van der Waals surface area contributed by atoms with Gasteiger partial charge < -0.3 is 35.0 Å². The topological polar surface area (TPSA) is 120 Å². The van der Waals surface area contributed by atoms with E-state index in [0.717, 1.165) is 43.9 Å². The summed E-state index contributed by atoms with van der Waals surface area (Å²) in [4.78, 5) is 0. The van der Waals surface area contributed by atoms with Gasteiger partial charge in [-0.05, 0) is 24.7 Å². The number of unbranched alkanes of at least 4 members (excludes halogenated alkanes) is 8. The highest BCUT2D eigenvalue weighted by Gasteiger charge is 2.40. The van der Waals surface area contributed by atoms with Crippen LogP contribution in [-0.4, -0.2) is 84.5 Å². The van der Waals surface area contributed by atoms with E-state index in [2.05, 4.69) is 27.7 Å². The fourth-order valence-corrected chi connectivity index (χ4v) is 4.59. The Labute approximate surface area is 228 Å². The fourth-order valence-electron chi connectivity index (χ4n) is 4.59. The van der Waals surface area contributed by atoms with Crippen LogP contribution in [0.2, 0.25) is 0 Å². The highest BCUT2D eigenvalue weighted by atomic mass is 16.5. The first kappa shape index (κ1) is 36.7. The number of rotatable bonds is 27. The highest BCUT2D eigenvalue weighted by Crippen LogP contribution is 2.30. The second-order valence-electron chi connectivity index (χ2n) is 12.2. The van der Waals surface area contributed by atoms with Gasteiger partial charge in [-0.25, -0.2) is 0 Å². The lowest BCUT2D eigenvalue weighted by Gasteiger charge is -2.39. The summed E-state index contributed by atoms with van der Waals surface area (Å²) in [6.07, 6.45) is 14.4. The molecule has 0 rings (SSSR count). The molecule has 0 saturated carbocycles. The summed E-state index contributed by atoms with van der Waals surface area (Å²) in [5.41, 5.74) is -2.14. The van der Waals surface area contributed by atoms with E-state index in [1.54, 1.807) is 0 Å². The van der Waals surface area contributed by atoms with E-state index in [9.17, 15) is 25.5 Å². The van der Waals surface area contributed by atoms with Gasteiger partial charge in [-0.1, -0.05) is 98.3 Å². The first-order chi connectivity index (χ1) is 17.7. The molecule has 0 aromatic heterocycles. The minimum atomic E-state index is -1.15. The molecule has 0 fully saturated rings. The van der Waals surface area contributed by atoms with Gasteiger partial charge in [-0.15, -0.1) is 0 Å². The van der Waals surface area contributed by atoms with Crippen molar-refractivity contribution in [2.45, 2.75) is 117 Å². The summed E-state index contributed by atoms with van der Waals surface area (Å²) in [6, 6.07) is 0. The molecule has 0 amide bonds. The number of hydrogen-bond acceptors (Lipinski definition) is 7. The van der Waals surface area contributed by atoms with E-state index >= 15 is 0 Å². The molecule has 5 N–H and O–H groups in total. The Bertz CT molecular complexity index is 482. The molecule has 0 aromatic rings. The zero-order valence-electron chi connectivity index (χ0n) is 24.6. The summed E-state index contributed by atoms with van der Waals surface area (Å²) in [6.45, 7) is 7.73. The van der Waals surface area contributed by atoms with Crippen LogP contribution in [0.3, 0.4) is 0 Å². The van der Waals surface area contributed by atoms with Crippen LogP contribution in [-0.2, 0) is 9.47 Å². The Morgan fingerprint density at radius 2 is 0.946 bits per heavy atom. The van der Waals surface area contributed by atoms with Gasteiger partial charge in [0.1, 0.15) is 0 Å². The molecular weight excluding hydrogens is 472 g/mol. The summed E-state index contributed by atoms with van der Waals surface area (Å²) in [5, 5.41) is 49.5. The van der Waals surface area contributed by atoms with Crippen LogP contribution in [0.5, 0.6) is 0 Å². The molecule has 0 aliphatic heterocycles. The van der Waals surface area contributed by atoms with Crippen molar-refractivity contribution < 1.29 is 35.0 Å². The molecule has 224 valence electrons. The van der Waals surface area contributed by atoms with Gasteiger partial charge in [0.05, 0.1) is 63.2 Å². The van der Waals surface area contributed by atoms with E-state index in [0.29, 0.717) is 6.61 Å². The van der Waals surface area contributed by atoms with Gasteiger partial charge in [0, 0.05) is 6.61 Å². The van der Waals surface area contributed by atoms with Crippen molar-refractivity contribution >= 4 is 0 Å². The summed E-state index contributed by atoms with van der Waals surface area (Å²) >= 11 is 0. The third-order valence-corrected chi connectivity index (χ3v) is 7.61. The quantitative estimate of drug-likeness (QED) is 0.0969. The van der Waals surface area contributed by atoms with Gasteiger partial charge >= 0.3 is 0 Å². The average molecular weight is 535 g/mol. The van der Waals surface area contributed by atoms with Crippen LogP contribution in [0.1, 0.15) is 111 Å². The van der Waals surface area contributed by atoms with E-state index in [-0.39, 0.29) is 32.5 Å². The molecule has 0 aromatic carbocycles. The molecule has 37 heavy (non-hydrogen) atoms. The largest absolute Gasteiger partial charge is 0.396 e. The van der Waals surface area contributed by atoms with E-state index in [1.807, 2.05) is 0 Å². The maximum atomic E-state index is 10.3. The van der Waals surface area contributed by atoms with Crippen LogP contribution >= 0.6 is 0 Å². The van der Waals surface area contributed by atoms with Gasteiger partial charge in [-0.2, -0.15) is 0 Å². The van der Waals surface area contributed by atoms with Gasteiger partial charge in [0.25, 0.3) is 0 Å². The molecule has 0 aliphatic carbocycles. The van der Waals surface area contributed by atoms with Crippen molar-refractivity contribution in [3.05, 3.63) is 0 Å². The SMILES string of the molecule is CC(C)CCCCCCCOC(CCCCCCCC(C)C)C(CO)(CO)COCC(CO)(CO)CO. The molecule has 1 atom stereocenters. The number of hydrogen-bond donors (Lipinski definition) is 5. The third kappa shape index (κ3) is 16.4. The van der Waals surface area contributed by atoms with Gasteiger partial charge in [-0.3, -0.25) is 0 Å². The Balaban J connectivity index is 4.92. The maximum absolute atomic E-state index is 10.3. The normalized spacial score (nSPS) is 13.7. The second kappa shape index (κ2) is 22.5. The highest BCUT2D eigenvalue weighted by molar-refractivity contribution is 4.88. The minimum absolute atomic E-state index is 0.0238. The first-order valence-corrected chi connectivity index (χ1v) is 15.0. The van der Waals surface area contributed by atoms with Crippen LogP contribution in [0.25, 0.3) is 0 Å². The lowest BCUT2D eigenvalue weighted by Crippen LogP contribution is -2.49. The Kier molecular flexibility index (Phi) is 22.4. The standard InChI is InChI=1S/C30H62O7/c1-26(2)15-11-7-5-9-13-17-28(37-18-14-10-6-8-12-16-27(3)4)30(22-34,23-35)25-36-24-29(19-31,20-32)21-33/h26-28,31-35H,5-25H2,1-4H3. The maximum Gasteiger partial charge on any atom is 0.0697 e. The van der Waals surface area contributed by atoms with E-state index < -0.39 is 30.7 Å². The molecule has 0 heterocycles. The van der Waals surface area contributed by atoms with Crippen molar-refractivity contribution in [3.8, 4) is 0 Å². The van der Waals surface area contributed by atoms with Crippen LogP contribution < -0.4 is 0 Å². The first-order valence-electron chi connectivity index (χ1n) is 15.0. The molecule has 0 spiro atoms. The smallest absolute Gasteiger partial charge is 0.0697 e. The van der Waals surface area contributed by atoms with Gasteiger partial charge in [0.15, 0.2) is 0 Å². The zero-order chi connectivity index (χ0) is 28.0. The lowest BCUT2D eigenvalue weighted by molar-refractivity contribution is -0.145. The van der Waals surface area contributed by atoms with Crippen molar-refractivity contribution in [1.29, 1.82) is 0 Å². The molecule has 1 unspecified atom stereocenters. The summed E-state index contributed by atoms with van der Waals surface area (Å²) < 4.78 is 12.1. The zero-order valence-corrected chi connectivity index (χ0v) is 24.6. The van der Waals surface area contributed by atoms with Crippen molar-refractivity contribution in [2.24, 2.45) is 22.7 Å². The van der Waals surface area contributed by atoms with Crippen LogP contribution in [0.15, 0.2) is 0 Å². The minimum Gasteiger partial charge on any atom is -0.396 e. The molecule has 0 radical (unpaired) electrons. The Morgan fingerprint density at radius 3 is 1.38 bits per heavy atom. The fraction of sp³-hybridized carbons (Fsp3) is 1.00. The molecular formula is C30H62O7. The predicted molar refractivity (Wildman–Crippen MR) is 151 cm³/mol. The lowest BCUT2D eigenvalue weighted by atomic mass is 9.81. The number of ether oxygens (including phenoxy) is 2. The monoisotopic (exact) mass is 534 g/mol.